The second-order valence-electron chi connectivity index (χ2n) is 4.73. The molecule has 3 N–H and O–H groups in total. The molecule has 2 heterocycles. The van der Waals surface area contributed by atoms with Gasteiger partial charge in [0.05, 0.1) is 17.8 Å². The first-order valence-corrected chi connectivity index (χ1v) is 6.35. The van der Waals surface area contributed by atoms with Crippen LogP contribution in [-0.4, -0.2) is 9.61 Å². The average Bonchev–Trinajstić information content (AvgIpc) is 2.86. The number of nitrogens with one attached hydrogen (secondary N) is 1. The van der Waals surface area contributed by atoms with Crippen molar-refractivity contribution in [1.29, 1.82) is 0 Å². The Bertz CT molecular complexity index is 750. The maximum atomic E-state index is 13.2. The summed E-state index contributed by atoms with van der Waals surface area (Å²) in [5.74, 6) is 5.46. The van der Waals surface area contributed by atoms with Crippen LogP contribution in [-0.2, 0) is 0 Å². The highest BCUT2D eigenvalue weighted by Crippen LogP contribution is 2.27. The number of nitrogens with two attached hydrogens (primary N) is 1. The van der Waals surface area contributed by atoms with E-state index in [-0.39, 0.29) is 11.9 Å². The van der Waals surface area contributed by atoms with E-state index < -0.39 is 0 Å². The van der Waals surface area contributed by atoms with Crippen LogP contribution in [0.15, 0.2) is 48.8 Å². The van der Waals surface area contributed by atoms with Crippen LogP contribution in [0.25, 0.3) is 5.52 Å². The van der Waals surface area contributed by atoms with Crippen molar-refractivity contribution in [2.75, 3.05) is 0 Å². The third-order valence-electron chi connectivity index (χ3n) is 3.48. The molecule has 1 aromatic carbocycles. The molecule has 0 bridgehead atoms. The predicted octanol–water partition coefficient (Wildman–Crippen LogP) is 2.33. The summed E-state index contributed by atoms with van der Waals surface area (Å²) in [6.45, 7) is 1.87. The number of fused-ring (bicyclic) bond motifs is 1. The monoisotopic (exact) mass is 270 g/mol. The van der Waals surface area contributed by atoms with E-state index in [1.165, 1.54) is 12.1 Å². The van der Waals surface area contributed by atoms with Crippen molar-refractivity contribution in [3.05, 3.63) is 71.3 Å². The maximum absolute atomic E-state index is 13.2. The molecule has 3 aromatic rings. The van der Waals surface area contributed by atoms with Crippen LogP contribution in [0.1, 0.15) is 22.7 Å². The fraction of sp³-hybridized carbons (Fsp3) is 0.133. The fourth-order valence-corrected chi connectivity index (χ4v) is 2.49. The van der Waals surface area contributed by atoms with Crippen LogP contribution in [0, 0.1) is 12.7 Å². The first kappa shape index (κ1) is 12.8. The van der Waals surface area contributed by atoms with Gasteiger partial charge in [0.2, 0.25) is 0 Å². The minimum Gasteiger partial charge on any atom is -0.271 e. The van der Waals surface area contributed by atoms with Gasteiger partial charge in [-0.2, -0.15) is 5.10 Å². The average molecular weight is 270 g/mol. The first-order chi connectivity index (χ1) is 9.70. The number of nitrogens with zero attached hydrogens (tertiary/aromatic N) is 2. The lowest BCUT2D eigenvalue weighted by Gasteiger charge is -2.18. The van der Waals surface area contributed by atoms with Gasteiger partial charge < -0.3 is 0 Å². The third-order valence-corrected chi connectivity index (χ3v) is 3.48. The molecule has 1 atom stereocenters. The van der Waals surface area contributed by atoms with Gasteiger partial charge in [0.1, 0.15) is 5.82 Å². The summed E-state index contributed by atoms with van der Waals surface area (Å²) in [6, 6.07) is 10.3. The Hall–Kier alpha value is -2.24. The number of hydrogen-bond donors (Lipinski definition) is 2. The molecule has 0 saturated carbocycles. The number of halogens is 1. The van der Waals surface area contributed by atoms with Crippen molar-refractivity contribution in [2.45, 2.75) is 13.0 Å². The van der Waals surface area contributed by atoms with Crippen molar-refractivity contribution in [3.63, 3.8) is 0 Å². The quantitative estimate of drug-likeness (QED) is 0.567. The van der Waals surface area contributed by atoms with Gasteiger partial charge in [-0.25, -0.2) is 14.3 Å². The summed E-state index contributed by atoms with van der Waals surface area (Å²) >= 11 is 0. The highest BCUT2D eigenvalue weighted by atomic mass is 19.1. The molecule has 3 rings (SSSR count). The SMILES string of the molecule is Cc1cc(F)ccc1C(NN)c1cnn2ccccc12. The molecular weight excluding hydrogens is 255 g/mol. The largest absolute Gasteiger partial charge is 0.271 e. The molecule has 4 nitrogen and oxygen atoms in total. The van der Waals surface area contributed by atoms with E-state index in [0.717, 1.165) is 22.2 Å². The summed E-state index contributed by atoms with van der Waals surface area (Å²) in [5.41, 5.74) is 6.52. The molecule has 0 radical (unpaired) electrons. The van der Waals surface area contributed by atoms with Crippen LogP contribution in [0.2, 0.25) is 0 Å². The number of hydrazine groups is 1. The second kappa shape index (κ2) is 5.03. The summed E-state index contributed by atoms with van der Waals surface area (Å²) in [7, 11) is 0. The Kier molecular flexibility index (Phi) is 3.22. The Labute approximate surface area is 116 Å². The standard InChI is InChI=1S/C15H15FN4/c1-10-8-11(16)5-6-12(10)15(19-17)13-9-18-20-7-3-2-4-14(13)20/h2-9,15,19H,17H2,1H3. The molecule has 0 aliphatic carbocycles. The van der Waals surface area contributed by atoms with E-state index in [1.54, 1.807) is 16.8 Å². The lowest BCUT2D eigenvalue weighted by Crippen LogP contribution is -2.29. The van der Waals surface area contributed by atoms with Crippen molar-refractivity contribution >= 4 is 5.52 Å². The summed E-state index contributed by atoms with van der Waals surface area (Å²) in [4.78, 5) is 0. The Morgan fingerprint density at radius 2 is 2.10 bits per heavy atom. The summed E-state index contributed by atoms with van der Waals surface area (Å²) in [5, 5.41) is 4.31. The van der Waals surface area contributed by atoms with Gasteiger partial charge in [-0.3, -0.25) is 5.84 Å². The Morgan fingerprint density at radius 3 is 2.85 bits per heavy atom. The number of aryl methyl sites for hydroxylation is 1. The van der Waals surface area contributed by atoms with Crippen LogP contribution in [0.3, 0.4) is 0 Å². The van der Waals surface area contributed by atoms with Crippen LogP contribution >= 0.6 is 0 Å². The fourth-order valence-electron chi connectivity index (χ4n) is 2.49. The van der Waals surface area contributed by atoms with E-state index in [0.29, 0.717) is 0 Å². The molecule has 0 fully saturated rings. The lowest BCUT2D eigenvalue weighted by molar-refractivity contribution is 0.613. The first-order valence-electron chi connectivity index (χ1n) is 6.35. The molecule has 1 unspecified atom stereocenters. The summed E-state index contributed by atoms with van der Waals surface area (Å²) in [6.07, 6.45) is 3.66. The zero-order valence-electron chi connectivity index (χ0n) is 11.0. The molecule has 5 heteroatoms. The van der Waals surface area contributed by atoms with Crippen molar-refractivity contribution < 1.29 is 4.39 Å². The van der Waals surface area contributed by atoms with E-state index in [1.807, 2.05) is 31.3 Å². The predicted molar refractivity (Wildman–Crippen MR) is 75.5 cm³/mol. The van der Waals surface area contributed by atoms with Gasteiger partial charge in [-0.1, -0.05) is 12.1 Å². The molecule has 0 spiro atoms. The van der Waals surface area contributed by atoms with Crippen LogP contribution in [0.4, 0.5) is 4.39 Å². The molecule has 20 heavy (non-hydrogen) atoms. The second-order valence-corrected chi connectivity index (χ2v) is 4.73. The lowest BCUT2D eigenvalue weighted by atomic mass is 9.96. The Morgan fingerprint density at radius 1 is 1.25 bits per heavy atom. The smallest absolute Gasteiger partial charge is 0.123 e. The molecule has 0 saturated heterocycles. The van der Waals surface area contributed by atoms with Gasteiger partial charge in [0.25, 0.3) is 0 Å². The van der Waals surface area contributed by atoms with Gasteiger partial charge in [-0.15, -0.1) is 0 Å². The van der Waals surface area contributed by atoms with E-state index >= 15 is 0 Å². The molecule has 0 amide bonds. The van der Waals surface area contributed by atoms with Gasteiger partial charge in [0, 0.05) is 11.8 Å². The minimum atomic E-state index is -0.248. The highest BCUT2D eigenvalue weighted by Gasteiger charge is 2.19. The summed E-state index contributed by atoms with van der Waals surface area (Å²) < 4.78 is 15.0. The normalized spacial score (nSPS) is 12.8. The molecule has 102 valence electrons. The van der Waals surface area contributed by atoms with Gasteiger partial charge >= 0.3 is 0 Å². The zero-order valence-corrected chi connectivity index (χ0v) is 11.0. The topological polar surface area (TPSA) is 55.3 Å². The molecule has 0 aliphatic rings. The van der Waals surface area contributed by atoms with Crippen LogP contribution < -0.4 is 11.3 Å². The van der Waals surface area contributed by atoms with Crippen molar-refractivity contribution in [2.24, 2.45) is 5.84 Å². The molecule has 0 aliphatic heterocycles. The minimum absolute atomic E-state index is 0.226. The van der Waals surface area contributed by atoms with Crippen molar-refractivity contribution in [1.82, 2.24) is 15.0 Å². The van der Waals surface area contributed by atoms with Crippen LogP contribution in [0.5, 0.6) is 0 Å². The zero-order chi connectivity index (χ0) is 14.1. The van der Waals surface area contributed by atoms with Gasteiger partial charge in [0.15, 0.2) is 0 Å². The van der Waals surface area contributed by atoms with Crippen molar-refractivity contribution in [3.8, 4) is 0 Å². The number of pyridine rings is 1. The maximum Gasteiger partial charge on any atom is 0.123 e. The number of hydrogen-bond acceptors (Lipinski definition) is 3. The van der Waals surface area contributed by atoms with E-state index in [9.17, 15) is 4.39 Å². The number of benzene rings is 1. The number of aromatic nitrogens is 2. The van der Waals surface area contributed by atoms with E-state index in [4.69, 9.17) is 5.84 Å². The third kappa shape index (κ3) is 2.07. The molecule has 2 aromatic heterocycles. The molecular formula is C15H15FN4. The highest BCUT2D eigenvalue weighted by molar-refractivity contribution is 5.57. The van der Waals surface area contributed by atoms with Gasteiger partial charge in [-0.05, 0) is 42.3 Å². The van der Waals surface area contributed by atoms with E-state index in [2.05, 4.69) is 10.5 Å². The Balaban J connectivity index is 2.14. The number of rotatable bonds is 3.